The Hall–Kier alpha value is -3.48. The third-order valence-electron chi connectivity index (χ3n) is 4.57. The van der Waals surface area contributed by atoms with Crippen LogP contribution in [-0.4, -0.2) is 41.6 Å². The summed E-state index contributed by atoms with van der Waals surface area (Å²) < 4.78 is 0. The van der Waals surface area contributed by atoms with Gasteiger partial charge < -0.3 is 10.6 Å². The van der Waals surface area contributed by atoms with E-state index in [-0.39, 0.29) is 23.6 Å². The summed E-state index contributed by atoms with van der Waals surface area (Å²) >= 11 is 0. The molecule has 1 aliphatic rings. The number of benzene rings is 2. The van der Waals surface area contributed by atoms with E-state index in [9.17, 15) is 19.2 Å². The molecule has 1 heterocycles. The third-order valence-corrected chi connectivity index (χ3v) is 4.57. The van der Waals surface area contributed by atoms with Crippen molar-refractivity contribution < 1.29 is 19.2 Å². The summed E-state index contributed by atoms with van der Waals surface area (Å²) in [6.07, 6.45) is 0. The number of imide groups is 1. The van der Waals surface area contributed by atoms with Gasteiger partial charge in [-0.05, 0) is 44.0 Å². The highest BCUT2D eigenvalue weighted by molar-refractivity contribution is 6.22. The van der Waals surface area contributed by atoms with E-state index in [1.54, 1.807) is 24.3 Å². The van der Waals surface area contributed by atoms with Crippen LogP contribution in [-0.2, 0) is 9.59 Å². The van der Waals surface area contributed by atoms with Crippen LogP contribution in [0.15, 0.2) is 36.4 Å². The molecule has 0 saturated heterocycles. The van der Waals surface area contributed by atoms with E-state index in [1.165, 1.54) is 0 Å². The minimum absolute atomic E-state index is 0.255. The summed E-state index contributed by atoms with van der Waals surface area (Å²) in [5.74, 6) is -1.98. The topological polar surface area (TPSA) is 95.6 Å². The molecule has 0 unspecified atom stereocenters. The molecule has 2 aromatic carbocycles. The monoisotopic (exact) mass is 379 g/mol. The molecule has 1 aliphatic heterocycles. The van der Waals surface area contributed by atoms with Crippen LogP contribution < -0.4 is 10.6 Å². The standard InChI is InChI=1S/C21H21N3O4/c1-12-8-13(2)19(14(3)9-12)23-17(25)10-22-18(26)11-24-20(27)15-6-4-5-7-16(15)21(24)28/h4-9H,10-11H2,1-3H3,(H,22,26)(H,23,25). The molecular formula is C21H21N3O4. The first-order valence-corrected chi connectivity index (χ1v) is 8.87. The molecule has 0 bridgehead atoms. The van der Waals surface area contributed by atoms with Crippen molar-refractivity contribution in [2.24, 2.45) is 0 Å². The van der Waals surface area contributed by atoms with Crippen LogP contribution in [0.5, 0.6) is 0 Å². The molecule has 0 fully saturated rings. The summed E-state index contributed by atoms with van der Waals surface area (Å²) in [6, 6.07) is 10.3. The maximum Gasteiger partial charge on any atom is 0.262 e. The zero-order valence-corrected chi connectivity index (χ0v) is 16.0. The van der Waals surface area contributed by atoms with E-state index >= 15 is 0 Å². The average molecular weight is 379 g/mol. The summed E-state index contributed by atoms with van der Waals surface area (Å²) in [5, 5.41) is 5.24. The number of amides is 4. The second kappa shape index (κ2) is 7.64. The van der Waals surface area contributed by atoms with Crippen LogP contribution in [0.4, 0.5) is 5.69 Å². The Morgan fingerprint density at radius 3 is 1.96 bits per heavy atom. The molecule has 0 aromatic heterocycles. The predicted octanol–water partition coefficient (Wildman–Crippen LogP) is 1.96. The smallest absolute Gasteiger partial charge is 0.262 e. The zero-order valence-electron chi connectivity index (χ0n) is 16.0. The molecule has 0 atom stereocenters. The number of rotatable bonds is 5. The highest BCUT2D eigenvalue weighted by Crippen LogP contribution is 2.22. The molecular weight excluding hydrogens is 358 g/mol. The number of hydrogen-bond donors (Lipinski definition) is 2. The predicted molar refractivity (Wildman–Crippen MR) is 104 cm³/mol. The van der Waals surface area contributed by atoms with Crippen molar-refractivity contribution in [2.75, 3.05) is 18.4 Å². The quantitative estimate of drug-likeness (QED) is 0.777. The van der Waals surface area contributed by atoms with E-state index < -0.39 is 24.3 Å². The number of hydrogen-bond acceptors (Lipinski definition) is 4. The Morgan fingerprint density at radius 1 is 0.893 bits per heavy atom. The van der Waals surface area contributed by atoms with Crippen molar-refractivity contribution in [1.29, 1.82) is 0 Å². The first kappa shape index (κ1) is 19.3. The second-order valence-electron chi connectivity index (χ2n) is 6.84. The minimum atomic E-state index is -0.581. The molecule has 0 radical (unpaired) electrons. The van der Waals surface area contributed by atoms with Gasteiger partial charge >= 0.3 is 0 Å². The van der Waals surface area contributed by atoms with Crippen LogP contribution in [0.3, 0.4) is 0 Å². The van der Waals surface area contributed by atoms with E-state index in [1.807, 2.05) is 32.9 Å². The van der Waals surface area contributed by atoms with Crippen molar-refractivity contribution >= 4 is 29.3 Å². The lowest BCUT2D eigenvalue weighted by atomic mass is 10.1. The summed E-state index contributed by atoms with van der Waals surface area (Å²) in [4.78, 5) is 49.7. The van der Waals surface area contributed by atoms with Crippen LogP contribution >= 0.6 is 0 Å². The van der Waals surface area contributed by atoms with Gasteiger partial charge in [-0.25, -0.2) is 0 Å². The maximum absolute atomic E-state index is 12.3. The number of nitrogens with one attached hydrogen (secondary N) is 2. The third kappa shape index (κ3) is 3.78. The number of fused-ring (bicyclic) bond motifs is 1. The van der Waals surface area contributed by atoms with Crippen LogP contribution in [0, 0.1) is 20.8 Å². The highest BCUT2D eigenvalue weighted by Gasteiger charge is 2.36. The molecule has 2 N–H and O–H groups in total. The Morgan fingerprint density at radius 2 is 1.43 bits per heavy atom. The number of anilines is 1. The number of aryl methyl sites for hydroxylation is 3. The van der Waals surface area contributed by atoms with Gasteiger partial charge in [-0.2, -0.15) is 0 Å². The summed E-state index contributed by atoms with van der Waals surface area (Å²) in [6.45, 7) is 5.09. The van der Waals surface area contributed by atoms with Gasteiger partial charge in [0.1, 0.15) is 6.54 Å². The Bertz CT molecular complexity index is 939. The van der Waals surface area contributed by atoms with Crippen molar-refractivity contribution in [3.8, 4) is 0 Å². The zero-order chi connectivity index (χ0) is 20.4. The molecule has 4 amide bonds. The first-order chi connectivity index (χ1) is 13.3. The maximum atomic E-state index is 12.3. The Kier molecular flexibility index (Phi) is 5.26. The van der Waals surface area contributed by atoms with Gasteiger partial charge in [-0.3, -0.25) is 24.1 Å². The molecule has 7 heteroatoms. The van der Waals surface area contributed by atoms with Gasteiger partial charge in [0, 0.05) is 5.69 Å². The lowest BCUT2D eigenvalue weighted by Gasteiger charge is -2.15. The molecule has 28 heavy (non-hydrogen) atoms. The fraction of sp³-hybridized carbons (Fsp3) is 0.238. The summed E-state index contributed by atoms with van der Waals surface area (Å²) in [5.41, 5.74) is 4.24. The van der Waals surface area contributed by atoms with Gasteiger partial charge in [0.2, 0.25) is 11.8 Å². The van der Waals surface area contributed by atoms with E-state index in [2.05, 4.69) is 10.6 Å². The summed E-state index contributed by atoms with van der Waals surface area (Å²) in [7, 11) is 0. The molecule has 0 spiro atoms. The van der Waals surface area contributed by atoms with Crippen molar-refractivity contribution in [3.63, 3.8) is 0 Å². The molecule has 7 nitrogen and oxygen atoms in total. The number of carbonyl (C=O) groups is 4. The lowest BCUT2D eigenvalue weighted by Crippen LogP contribution is -2.42. The van der Waals surface area contributed by atoms with Gasteiger partial charge in [-0.15, -0.1) is 0 Å². The van der Waals surface area contributed by atoms with E-state index in [0.29, 0.717) is 5.69 Å². The van der Waals surface area contributed by atoms with E-state index in [4.69, 9.17) is 0 Å². The van der Waals surface area contributed by atoms with Crippen LogP contribution in [0.1, 0.15) is 37.4 Å². The highest BCUT2D eigenvalue weighted by atomic mass is 16.2. The van der Waals surface area contributed by atoms with Crippen LogP contribution in [0.25, 0.3) is 0 Å². The minimum Gasteiger partial charge on any atom is -0.345 e. The van der Waals surface area contributed by atoms with Gasteiger partial charge in [0.15, 0.2) is 0 Å². The van der Waals surface area contributed by atoms with Crippen LogP contribution in [0.2, 0.25) is 0 Å². The van der Waals surface area contributed by atoms with Gasteiger partial charge in [0.05, 0.1) is 17.7 Å². The lowest BCUT2D eigenvalue weighted by molar-refractivity contribution is -0.124. The molecule has 144 valence electrons. The fourth-order valence-electron chi connectivity index (χ4n) is 3.32. The molecule has 0 saturated carbocycles. The van der Waals surface area contributed by atoms with Gasteiger partial charge in [0.25, 0.3) is 11.8 Å². The fourth-order valence-corrected chi connectivity index (χ4v) is 3.32. The molecule has 3 rings (SSSR count). The second-order valence-corrected chi connectivity index (χ2v) is 6.84. The van der Waals surface area contributed by atoms with Crippen molar-refractivity contribution in [2.45, 2.75) is 20.8 Å². The Labute approximate surface area is 162 Å². The molecule has 2 aromatic rings. The Balaban J connectivity index is 1.56. The average Bonchev–Trinajstić information content (AvgIpc) is 2.88. The first-order valence-electron chi connectivity index (χ1n) is 8.87. The SMILES string of the molecule is Cc1cc(C)c(NC(=O)CNC(=O)CN2C(=O)c3ccccc3C2=O)c(C)c1. The number of carbonyl (C=O) groups excluding carboxylic acids is 4. The van der Waals surface area contributed by atoms with Crippen molar-refractivity contribution in [3.05, 3.63) is 64.2 Å². The number of nitrogens with zero attached hydrogens (tertiary/aromatic N) is 1. The van der Waals surface area contributed by atoms with Crippen molar-refractivity contribution in [1.82, 2.24) is 10.2 Å². The normalized spacial score (nSPS) is 12.8. The largest absolute Gasteiger partial charge is 0.345 e. The molecule has 0 aliphatic carbocycles. The van der Waals surface area contributed by atoms with E-state index in [0.717, 1.165) is 21.6 Å². The van der Waals surface area contributed by atoms with Gasteiger partial charge in [-0.1, -0.05) is 29.8 Å².